The zero-order valence-corrected chi connectivity index (χ0v) is 12.5. The molecular weight excluding hydrogens is 294 g/mol. The number of hydrogen-bond acceptors (Lipinski definition) is 5. The van der Waals surface area contributed by atoms with Crippen LogP contribution in [0.2, 0.25) is 0 Å². The number of thiophene rings is 1. The lowest BCUT2D eigenvalue weighted by molar-refractivity contribution is -0.0560. The minimum absolute atomic E-state index is 0.461. The van der Waals surface area contributed by atoms with Crippen molar-refractivity contribution < 1.29 is 10.0 Å². The van der Waals surface area contributed by atoms with E-state index in [4.69, 9.17) is 5.73 Å². The van der Waals surface area contributed by atoms with Crippen LogP contribution in [0.4, 0.5) is 4.79 Å². The van der Waals surface area contributed by atoms with Crippen molar-refractivity contribution in [2.24, 2.45) is 5.73 Å². The van der Waals surface area contributed by atoms with Crippen molar-refractivity contribution in [3.05, 3.63) is 44.5 Å². The highest BCUT2D eigenvalue weighted by Gasteiger charge is 2.11. The van der Waals surface area contributed by atoms with E-state index in [0.29, 0.717) is 5.06 Å². The minimum Gasteiger partial charge on any atom is -0.350 e. The number of aromatic nitrogens is 1. The van der Waals surface area contributed by atoms with E-state index >= 15 is 0 Å². The molecule has 2 amide bonds. The molecule has 0 saturated heterocycles. The van der Waals surface area contributed by atoms with Gasteiger partial charge in [-0.05, 0) is 25.1 Å². The van der Waals surface area contributed by atoms with Crippen molar-refractivity contribution in [2.75, 3.05) is 0 Å². The highest BCUT2D eigenvalue weighted by atomic mass is 32.1. The number of hydrogen-bond donors (Lipinski definition) is 2. The Morgan fingerprint density at radius 2 is 2.40 bits per heavy atom. The van der Waals surface area contributed by atoms with Gasteiger partial charge in [0.25, 0.3) is 0 Å². The van der Waals surface area contributed by atoms with E-state index in [9.17, 15) is 10.0 Å². The lowest BCUT2D eigenvalue weighted by Crippen LogP contribution is -2.38. The van der Waals surface area contributed by atoms with Crippen LogP contribution in [-0.4, -0.2) is 27.3 Å². The third kappa shape index (κ3) is 3.89. The molecule has 0 fully saturated rings. The molecule has 20 heavy (non-hydrogen) atoms. The number of nitrogens with two attached hydrogens (primary N) is 1. The lowest BCUT2D eigenvalue weighted by atomic mass is 10.2. The molecule has 0 aliphatic carbocycles. The molecule has 0 unspecified atom stereocenters. The SMILES string of the molecule is C[C@H](/C=C\c1ccc(Cc2cscn2)s1)N(O)C(N)=O. The zero-order chi connectivity index (χ0) is 14.5. The molecule has 2 rings (SSSR count). The Bertz CT molecular complexity index is 593. The van der Waals surface area contributed by atoms with Crippen LogP contribution in [0.5, 0.6) is 0 Å². The van der Waals surface area contributed by atoms with Crippen molar-refractivity contribution >= 4 is 34.8 Å². The predicted molar refractivity (Wildman–Crippen MR) is 80.9 cm³/mol. The first-order valence-electron chi connectivity index (χ1n) is 5.98. The Morgan fingerprint density at radius 1 is 1.60 bits per heavy atom. The van der Waals surface area contributed by atoms with E-state index < -0.39 is 12.1 Å². The molecule has 2 heterocycles. The van der Waals surface area contributed by atoms with Gasteiger partial charge in [0.15, 0.2) is 0 Å². The lowest BCUT2D eigenvalue weighted by Gasteiger charge is -2.16. The van der Waals surface area contributed by atoms with Crippen molar-refractivity contribution in [3.8, 4) is 0 Å². The molecule has 0 spiro atoms. The van der Waals surface area contributed by atoms with Crippen molar-refractivity contribution in [2.45, 2.75) is 19.4 Å². The smallest absolute Gasteiger partial charge is 0.339 e. The Labute approximate surface area is 124 Å². The fourth-order valence-corrected chi connectivity index (χ4v) is 3.10. The summed E-state index contributed by atoms with van der Waals surface area (Å²) in [5, 5.41) is 11.9. The Kier molecular flexibility index (Phi) is 4.89. The summed E-state index contributed by atoms with van der Waals surface area (Å²) in [5.41, 5.74) is 7.88. The average molecular weight is 309 g/mol. The third-order valence-corrected chi connectivity index (χ3v) is 4.36. The maximum atomic E-state index is 10.8. The van der Waals surface area contributed by atoms with E-state index in [1.165, 1.54) is 4.88 Å². The van der Waals surface area contributed by atoms with Gasteiger partial charge in [0.05, 0.1) is 17.2 Å². The van der Waals surface area contributed by atoms with E-state index in [1.54, 1.807) is 35.7 Å². The minimum atomic E-state index is -0.863. The summed E-state index contributed by atoms with van der Waals surface area (Å²) in [6.45, 7) is 1.69. The van der Waals surface area contributed by atoms with Crippen LogP contribution in [0.1, 0.15) is 22.4 Å². The van der Waals surface area contributed by atoms with Gasteiger partial charge in [0.2, 0.25) is 0 Å². The number of carbonyl (C=O) groups is 1. The van der Waals surface area contributed by atoms with E-state index in [1.807, 2.05) is 23.0 Å². The van der Waals surface area contributed by atoms with Crippen molar-refractivity contribution in [1.29, 1.82) is 0 Å². The van der Waals surface area contributed by atoms with Gasteiger partial charge in [-0.3, -0.25) is 5.21 Å². The molecule has 5 nitrogen and oxygen atoms in total. The number of thiazole rings is 1. The van der Waals surface area contributed by atoms with Gasteiger partial charge in [-0.2, -0.15) is 5.06 Å². The van der Waals surface area contributed by atoms with E-state index in [2.05, 4.69) is 11.1 Å². The monoisotopic (exact) mass is 309 g/mol. The normalized spacial score (nSPS) is 12.7. The van der Waals surface area contributed by atoms with Crippen LogP contribution in [-0.2, 0) is 6.42 Å². The van der Waals surface area contributed by atoms with Gasteiger partial charge in [-0.1, -0.05) is 6.08 Å². The zero-order valence-electron chi connectivity index (χ0n) is 10.9. The second kappa shape index (κ2) is 6.65. The Balaban J connectivity index is 1.97. The first-order valence-corrected chi connectivity index (χ1v) is 7.73. The van der Waals surface area contributed by atoms with Gasteiger partial charge in [0.1, 0.15) is 0 Å². The van der Waals surface area contributed by atoms with Crippen molar-refractivity contribution in [3.63, 3.8) is 0 Å². The highest BCUT2D eigenvalue weighted by Crippen LogP contribution is 2.21. The summed E-state index contributed by atoms with van der Waals surface area (Å²) in [6, 6.07) is 2.73. The van der Waals surface area contributed by atoms with Crippen LogP contribution in [0, 0.1) is 0 Å². The van der Waals surface area contributed by atoms with Crippen LogP contribution in [0.15, 0.2) is 29.1 Å². The maximum absolute atomic E-state index is 10.8. The highest BCUT2D eigenvalue weighted by molar-refractivity contribution is 7.12. The fourth-order valence-electron chi connectivity index (χ4n) is 1.60. The van der Waals surface area contributed by atoms with Crippen LogP contribution < -0.4 is 5.73 Å². The fraction of sp³-hybridized carbons (Fsp3) is 0.231. The number of carbonyl (C=O) groups excluding carboxylic acids is 1. The van der Waals surface area contributed by atoms with Crippen LogP contribution >= 0.6 is 22.7 Å². The first-order chi connectivity index (χ1) is 9.56. The molecule has 2 aromatic rings. The van der Waals surface area contributed by atoms with E-state index in [-0.39, 0.29) is 0 Å². The summed E-state index contributed by atoms with van der Waals surface area (Å²) < 4.78 is 0. The molecule has 2 aromatic heterocycles. The molecule has 0 bridgehead atoms. The number of urea groups is 1. The average Bonchev–Trinajstić information content (AvgIpc) is 3.07. The standard InChI is InChI=1S/C13H15N3O2S2/c1-9(16(18)13(14)17)2-3-11-4-5-12(20-11)6-10-7-19-8-15-10/h2-5,7-9,18H,6H2,1H3,(H2,14,17)/b3-2-/t9-/m1/s1. The summed E-state index contributed by atoms with van der Waals surface area (Å²) in [7, 11) is 0. The molecule has 0 radical (unpaired) electrons. The molecule has 7 heteroatoms. The quantitative estimate of drug-likeness (QED) is 0.658. The molecule has 0 aliphatic heterocycles. The number of primary amides is 1. The van der Waals surface area contributed by atoms with Gasteiger partial charge < -0.3 is 5.73 Å². The van der Waals surface area contributed by atoms with Gasteiger partial charge in [-0.25, -0.2) is 9.78 Å². The summed E-state index contributed by atoms with van der Waals surface area (Å²) in [4.78, 5) is 17.3. The van der Waals surface area contributed by atoms with E-state index in [0.717, 1.165) is 17.0 Å². The second-order valence-electron chi connectivity index (χ2n) is 4.24. The first kappa shape index (κ1) is 14.7. The van der Waals surface area contributed by atoms with Crippen LogP contribution in [0.3, 0.4) is 0 Å². The topological polar surface area (TPSA) is 79.4 Å². The van der Waals surface area contributed by atoms with Gasteiger partial charge >= 0.3 is 6.03 Å². The molecule has 0 saturated carbocycles. The van der Waals surface area contributed by atoms with Gasteiger partial charge in [-0.15, -0.1) is 22.7 Å². The maximum Gasteiger partial charge on any atom is 0.339 e. The summed E-state index contributed by atoms with van der Waals surface area (Å²) in [5.74, 6) is 0. The second-order valence-corrected chi connectivity index (χ2v) is 6.16. The number of amides is 2. The third-order valence-electron chi connectivity index (χ3n) is 2.67. The molecule has 0 aliphatic rings. The van der Waals surface area contributed by atoms with Crippen molar-refractivity contribution in [1.82, 2.24) is 10.0 Å². The molecule has 106 valence electrons. The Morgan fingerprint density at radius 3 is 3.05 bits per heavy atom. The Hall–Kier alpha value is -1.70. The van der Waals surface area contributed by atoms with Crippen LogP contribution in [0.25, 0.3) is 6.08 Å². The number of hydroxylamine groups is 2. The largest absolute Gasteiger partial charge is 0.350 e. The summed E-state index contributed by atoms with van der Waals surface area (Å²) in [6.07, 6.45) is 4.42. The molecule has 1 atom stereocenters. The van der Waals surface area contributed by atoms with Gasteiger partial charge in [0, 0.05) is 21.6 Å². The predicted octanol–water partition coefficient (Wildman–Crippen LogP) is 2.97. The molecule has 0 aromatic carbocycles. The number of nitrogens with zero attached hydrogens (tertiary/aromatic N) is 2. The summed E-state index contributed by atoms with van der Waals surface area (Å²) >= 11 is 3.24. The molecular formula is C13H15N3O2S2. The number of rotatable bonds is 5. The molecule has 3 N–H and O–H groups in total.